The fourth-order valence-corrected chi connectivity index (χ4v) is 2.40. The Kier molecular flexibility index (Phi) is 3.96. The third-order valence-corrected chi connectivity index (χ3v) is 3.82. The SMILES string of the molecule is C[C@]1(C(=O)NCCn2ccnc2)Oc2ccc(Cl)cc2NC1=O. The number of amides is 2. The Morgan fingerprint density at radius 3 is 3.09 bits per heavy atom. The van der Waals surface area contributed by atoms with Gasteiger partial charge in [0.25, 0.3) is 17.4 Å². The van der Waals surface area contributed by atoms with Crippen LogP contribution in [0.1, 0.15) is 6.92 Å². The summed E-state index contributed by atoms with van der Waals surface area (Å²) in [5.41, 5.74) is -1.18. The molecule has 0 fully saturated rings. The highest BCUT2D eigenvalue weighted by atomic mass is 35.5. The lowest BCUT2D eigenvalue weighted by molar-refractivity contribution is -0.146. The van der Waals surface area contributed by atoms with Crippen LogP contribution in [-0.2, 0) is 16.1 Å². The quantitative estimate of drug-likeness (QED) is 0.829. The van der Waals surface area contributed by atoms with Gasteiger partial charge in [0.15, 0.2) is 0 Å². The summed E-state index contributed by atoms with van der Waals surface area (Å²) in [6.07, 6.45) is 5.10. The molecule has 0 aliphatic carbocycles. The van der Waals surface area contributed by atoms with Crippen LogP contribution in [0.3, 0.4) is 0 Å². The first kappa shape index (κ1) is 15.4. The Balaban J connectivity index is 1.69. The second-order valence-corrected chi connectivity index (χ2v) is 5.72. The molecule has 1 aromatic heterocycles. The van der Waals surface area contributed by atoms with Crippen molar-refractivity contribution in [2.45, 2.75) is 19.1 Å². The van der Waals surface area contributed by atoms with Gasteiger partial charge in [-0.15, -0.1) is 0 Å². The van der Waals surface area contributed by atoms with Crippen LogP contribution >= 0.6 is 11.6 Å². The van der Waals surface area contributed by atoms with Crippen molar-refractivity contribution in [3.8, 4) is 5.75 Å². The summed E-state index contributed by atoms with van der Waals surface area (Å²) in [6.45, 7) is 2.34. The molecule has 0 bridgehead atoms. The van der Waals surface area contributed by atoms with E-state index in [0.29, 0.717) is 29.5 Å². The maximum atomic E-state index is 12.4. The van der Waals surface area contributed by atoms with Crippen LogP contribution in [0.25, 0.3) is 0 Å². The number of ether oxygens (including phenoxy) is 1. The van der Waals surface area contributed by atoms with Gasteiger partial charge in [-0.1, -0.05) is 11.6 Å². The Morgan fingerprint density at radius 2 is 2.35 bits per heavy atom. The molecule has 3 rings (SSSR count). The topological polar surface area (TPSA) is 85.2 Å². The van der Waals surface area contributed by atoms with Crippen molar-refractivity contribution < 1.29 is 14.3 Å². The maximum Gasteiger partial charge on any atom is 0.278 e. The molecule has 0 unspecified atom stereocenters. The van der Waals surface area contributed by atoms with Crippen LogP contribution in [0.15, 0.2) is 36.9 Å². The second kappa shape index (κ2) is 5.92. The molecule has 0 radical (unpaired) electrons. The van der Waals surface area contributed by atoms with Gasteiger partial charge in [-0.2, -0.15) is 0 Å². The Labute approximate surface area is 137 Å². The number of nitrogens with zero attached hydrogens (tertiary/aromatic N) is 2. The number of benzene rings is 1. The Morgan fingerprint density at radius 1 is 1.52 bits per heavy atom. The lowest BCUT2D eigenvalue weighted by Crippen LogP contribution is -2.59. The summed E-state index contributed by atoms with van der Waals surface area (Å²) in [7, 11) is 0. The molecule has 2 amide bonds. The molecular weight excluding hydrogens is 320 g/mol. The zero-order valence-electron chi connectivity index (χ0n) is 12.4. The van der Waals surface area contributed by atoms with E-state index >= 15 is 0 Å². The van der Waals surface area contributed by atoms with Gasteiger partial charge in [0.1, 0.15) is 5.75 Å². The molecule has 1 aromatic carbocycles. The summed E-state index contributed by atoms with van der Waals surface area (Å²) < 4.78 is 7.46. The monoisotopic (exact) mass is 334 g/mol. The standard InChI is InChI=1S/C15H15ClN4O3/c1-15(13(21)18-5-7-20-6-4-17-9-20)14(22)19-11-8-10(16)2-3-12(11)23-15/h2-4,6,8-9H,5,7H2,1H3,(H,18,21)(H,19,22)/t15-/m1/s1. The van der Waals surface area contributed by atoms with Crippen molar-refractivity contribution in [3.05, 3.63) is 41.9 Å². The highest BCUT2D eigenvalue weighted by Gasteiger charge is 2.47. The number of carbonyl (C=O) groups excluding carboxylic acids is 2. The lowest BCUT2D eigenvalue weighted by atomic mass is 10.0. The van der Waals surface area contributed by atoms with E-state index in [1.807, 2.05) is 4.57 Å². The number of hydrogen-bond donors (Lipinski definition) is 2. The zero-order valence-corrected chi connectivity index (χ0v) is 13.1. The molecule has 2 N–H and O–H groups in total. The lowest BCUT2D eigenvalue weighted by Gasteiger charge is -2.33. The smallest absolute Gasteiger partial charge is 0.278 e. The maximum absolute atomic E-state index is 12.4. The number of carbonyl (C=O) groups is 2. The first-order chi connectivity index (χ1) is 11.0. The Bertz CT molecular complexity index is 747. The number of rotatable bonds is 4. The van der Waals surface area contributed by atoms with E-state index in [-0.39, 0.29) is 0 Å². The molecule has 7 nitrogen and oxygen atoms in total. The molecule has 0 saturated heterocycles. The molecule has 1 aliphatic heterocycles. The normalized spacial score (nSPS) is 19.5. The summed E-state index contributed by atoms with van der Waals surface area (Å²) in [5, 5.41) is 5.83. The molecule has 2 aromatic rings. The Hall–Kier alpha value is -2.54. The molecule has 23 heavy (non-hydrogen) atoms. The van der Waals surface area contributed by atoms with Crippen molar-refractivity contribution in [2.75, 3.05) is 11.9 Å². The van der Waals surface area contributed by atoms with Gasteiger partial charge in [-0.25, -0.2) is 4.98 Å². The third kappa shape index (κ3) is 3.00. The predicted octanol–water partition coefficient (Wildman–Crippen LogP) is 1.44. The molecule has 120 valence electrons. The number of nitrogens with one attached hydrogen (secondary N) is 2. The van der Waals surface area contributed by atoms with Gasteiger partial charge >= 0.3 is 0 Å². The summed E-state index contributed by atoms with van der Waals surface area (Å²) in [6, 6.07) is 4.83. The van der Waals surface area contributed by atoms with Crippen molar-refractivity contribution >= 4 is 29.1 Å². The van der Waals surface area contributed by atoms with E-state index in [1.165, 1.54) is 6.92 Å². The minimum atomic E-state index is -1.63. The van der Waals surface area contributed by atoms with E-state index in [1.54, 1.807) is 36.9 Å². The molecular formula is C15H15ClN4O3. The van der Waals surface area contributed by atoms with Gasteiger partial charge in [-0.05, 0) is 25.1 Å². The summed E-state index contributed by atoms with van der Waals surface area (Å²) >= 11 is 5.88. The summed E-state index contributed by atoms with van der Waals surface area (Å²) in [5.74, 6) is -0.635. The molecule has 1 aliphatic rings. The van der Waals surface area contributed by atoms with Crippen molar-refractivity contribution in [1.82, 2.24) is 14.9 Å². The van der Waals surface area contributed by atoms with Crippen LogP contribution < -0.4 is 15.4 Å². The van der Waals surface area contributed by atoms with Gasteiger partial charge in [0, 0.05) is 30.5 Å². The molecule has 2 heterocycles. The van der Waals surface area contributed by atoms with Gasteiger partial charge in [-0.3, -0.25) is 9.59 Å². The van der Waals surface area contributed by atoms with E-state index in [2.05, 4.69) is 15.6 Å². The van der Waals surface area contributed by atoms with Crippen LogP contribution in [-0.4, -0.2) is 33.5 Å². The van der Waals surface area contributed by atoms with E-state index in [0.717, 1.165) is 0 Å². The van der Waals surface area contributed by atoms with Gasteiger partial charge < -0.3 is 19.9 Å². The largest absolute Gasteiger partial charge is 0.466 e. The average Bonchev–Trinajstić information content (AvgIpc) is 3.02. The number of anilines is 1. The van der Waals surface area contributed by atoms with E-state index < -0.39 is 17.4 Å². The second-order valence-electron chi connectivity index (χ2n) is 5.29. The van der Waals surface area contributed by atoms with Crippen molar-refractivity contribution in [3.63, 3.8) is 0 Å². The first-order valence-electron chi connectivity index (χ1n) is 7.03. The molecule has 8 heteroatoms. The number of imidazole rings is 1. The zero-order chi connectivity index (χ0) is 16.4. The summed E-state index contributed by atoms with van der Waals surface area (Å²) in [4.78, 5) is 28.6. The predicted molar refractivity (Wildman–Crippen MR) is 84.4 cm³/mol. The van der Waals surface area contributed by atoms with Crippen LogP contribution in [0, 0.1) is 0 Å². The minimum Gasteiger partial charge on any atom is -0.466 e. The van der Waals surface area contributed by atoms with Crippen LogP contribution in [0.4, 0.5) is 5.69 Å². The fourth-order valence-electron chi connectivity index (χ4n) is 2.23. The van der Waals surface area contributed by atoms with Crippen molar-refractivity contribution in [1.29, 1.82) is 0 Å². The number of hydrogen-bond acceptors (Lipinski definition) is 4. The highest BCUT2D eigenvalue weighted by molar-refractivity contribution is 6.31. The highest BCUT2D eigenvalue weighted by Crippen LogP contribution is 2.35. The van der Waals surface area contributed by atoms with E-state index in [4.69, 9.17) is 16.3 Å². The number of aromatic nitrogens is 2. The van der Waals surface area contributed by atoms with E-state index in [9.17, 15) is 9.59 Å². The fraction of sp³-hybridized carbons (Fsp3) is 0.267. The molecule has 0 saturated carbocycles. The van der Waals surface area contributed by atoms with Gasteiger partial charge in [0.05, 0.1) is 12.0 Å². The number of fused-ring (bicyclic) bond motifs is 1. The number of halogens is 1. The first-order valence-corrected chi connectivity index (χ1v) is 7.41. The third-order valence-electron chi connectivity index (χ3n) is 3.59. The van der Waals surface area contributed by atoms with Crippen LogP contribution in [0.2, 0.25) is 5.02 Å². The minimum absolute atomic E-state index is 0.356. The van der Waals surface area contributed by atoms with Crippen LogP contribution in [0.5, 0.6) is 5.75 Å². The average molecular weight is 335 g/mol. The van der Waals surface area contributed by atoms with Gasteiger partial charge in [0.2, 0.25) is 0 Å². The van der Waals surface area contributed by atoms with Crippen molar-refractivity contribution in [2.24, 2.45) is 0 Å². The molecule has 0 spiro atoms. The molecule has 1 atom stereocenters.